The van der Waals surface area contributed by atoms with Crippen LogP contribution in [0.2, 0.25) is 0 Å². The molecule has 0 unspecified atom stereocenters. The summed E-state index contributed by atoms with van der Waals surface area (Å²) in [6.07, 6.45) is 1.52. The van der Waals surface area contributed by atoms with Gasteiger partial charge in [-0.05, 0) is 25.0 Å². The number of aromatic nitrogens is 1. The van der Waals surface area contributed by atoms with Crippen molar-refractivity contribution in [2.75, 3.05) is 18.5 Å². The van der Waals surface area contributed by atoms with Crippen molar-refractivity contribution < 1.29 is 13.5 Å². The molecule has 1 aliphatic heterocycles. The SMILES string of the molecule is CCCNc1c2c(nc3c(F)cc(C)c(F)c13)CCOC2. The molecule has 0 spiro atoms. The summed E-state index contributed by atoms with van der Waals surface area (Å²) in [5.41, 5.74) is 2.69. The number of anilines is 1. The first-order chi connectivity index (χ1) is 10.1. The molecule has 0 amide bonds. The highest BCUT2D eigenvalue weighted by Crippen LogP contribution is 2.35. The number of nitrogens with zero attached hydrogens (tertiary/aromatic N) is 1. The first kappa shape index (κ1) is 14.2. The lowest BCUT2D eigenvalue weighted by Gasteiger charge is -2.22. The van der Waals surface area contributed by atoms with Crippen molar-refractivity contribution in [1.29, 1.82) is 0 Å². The Balaban J connectivity index is 2.35. The Bertz CT molecular complexity index is 701. The number of hydrogen-bond donors (Lipinski definition) is 1. The van der Waals surface area contributed by atoms with Crippen molar-refractivity contribution in [3.8, 4) is 0 Å². The summed E-state index contributed by atoms with van der Waals surface area (Å²) in [6, 6.07) is 1.21. The molecule has 0 atom stereocenters. The summed E-state index contributed by atoms with van der Waals surface area (Å²) in [7, 11) is 0. The highest BCUT2D eigenvalue weighted by atomic mass is 19.1. The summed E-state index contributed by atoms with van der Waals surface area (Å²) in [5.74, 6) is -0.886. The van der Waals surface area contributed by atoms with Crippen LogP contribution in [0.15, 0.2) is 6.07 Å². The number of aryl methyl sites for hydroxylation is 1. The van der Waals surface area contributed by atoms with E-state index in [0.717, 1.165) is 17.7 Å². The van der Waals surface area contributed by atoms with E-state index in [1.165, 1.54) is 6.07 Å². The van der Waals surface area contributed by atoms with E-state index in [-0.39, 0.29) is 16.5 Å². The second-order valence-electron chi connectivity index (χ2n) is 5.35. The lowest BCUT2D eigenvalue weighted by atomic mass is 10.0. The molecule has 0 saturated heterocycles. The zero-order valence-corrected chi connectivity index (χ0v) is 12.2. The Labute approximate surface area is 122 Å². The van der Waals surface area contributed by atoms with E-state index >= 15 is 0 Å². The van der Waals surface area contributed by atoms with Crippen LogP contribution in [0.25, 0.3) is 10.9 Å². The summed E-state index contributed by atoms with van der Waals surface area (Å²) < 4.78 is 34.2. The average Bonchev–Trinajstić information content (AvgIpc) is 2.49. The number of pyridine rings is 1. The van der Waals surface area contributed by atoms with Crippen LogP contribution in [0.3, 0.4) is 0 Å². The summed E-state index contributed by atoms with van der Waals surface area (Å²) in [4.78, 5) is 4.35. The van der Waals surface area contributed by atoms with Crippen LogP contribution in [-0.2, 0) is 17.8 Å². The van der Waals surface area contributed by atoms with Gasteiger partial charge in [0.25, 0.3) is 0 Å². The molecular weight excluding hydrogens is 274 g/mol. The van der Waals surface area contributed by atoms with Gasteiger partial charge in [-0.15, -0.1) is 0 Å². The highest BCUT2D eigenvalue weighted by molar-refractivity contribution is 5.95. The van der Waals surface area contributed by atoms with Crippen LogP contribution in [0.4, 0.5) is 14.5 Å². The van der Waals surface area contributed by atoms with Gasteiger partial charge < -0.3 is 10.1 Å². The van der Waals surface area contributed by atoms with Gasteiger partial charge in [0.15, 0.2) is 0 Å². The molecule has 0 radical (unpaired) electrons. The van der Waals surface area contributed by atoms with E-state index in [1.54, 1.807) is 6.92 Å². The smallest absolute Gasteiger partial charge is 0.149 e. The zero-order chi connectivity index (χ0) is 15.0. The van der Waals surface area contributed by atoms with E-state index in [0.29, 0.717) is 31.9 Å². The second-order valence-corrected chi connectivity index (χ2v) is 5.35. The van der Waals surface area contributed by atoms with Gasteiger partial charge in [0.05, 0.1) is 30.0 Å². The molecule has 0 aliphatic carbocycles. The van der Waals surface area contributed by atoms with E-state index in [4.69, 9.17) is 4.74 Å². The lowest BCUT2D eigenvalue weighted by molar-refractivity contribution is 0.110. The topological polar surface area (TPSA) is 34.2 Å². The first-order valence-corrected chi connectivity index (χ1v) is 7.25. The maximum Gasteiger partial charge on any atom is 0.149 e. The number of halogens is 2. The number of benzene rings is 1. The van der Waals surface area contributed by atoms with Gasteiger partial charge in [0, 0.05) is 18.5 Å². The number of hydrogen-bond acceptors (Lipinski definition) is 3. The first-order valence-electron chi connectivity index (χ1n) is 7.25. The molecule has 3 rings (SSSR count). The number of fused-ring (bicyclic) bond motifs is 2. The molecule has 1 N–H and O–H groups in total. The van der Waals surface area contributed by atoms with Gasteiger partial charge in [0.2, 0.25) is 0 Å². The average molecular weight is 292 g/mol. The second kappa shape index (κ2) is 5.56. The van der Waals surface area contributed by atoms with Gasteiger partial charge >= 0.3 is 0 Å². The molecular formula is C16H18F2N2O. The molecule has 21 heavy (non-hydrogen) atoms. The molecule has 1 aliphatic rings. The van der Waals surface area contributed by atoms with E-state index in [2.05, 4.69) is 10.3 Å². The molecule has 2 heterocycles. The number of rotatable bonds is 3. The molecule has 2 aromatic rings. The van der Waals surface area contributed by atoms with Crippen LogP contribution in [-0.4, -0.2) is 18.1 Å². The molecule has 3 nitrogen and oxygen atoms in total. The van der Waals surface area contributed by atoms with Crippen molar-refractivity contribution in [3.05, 3.63) is 34.5 Å². The predicted molar refractivity (Wildman–Crippen MR) is 78.5 cm³/mol. The molecule has 112 valence electrons. The van der Waals surface area contributed by atoms with Gasteiger partial charge in [-0.1, -0.05) is 6.92 Å². The molecule has 0 saturated carbocycles. The summed E-state index contributed by atoms with van der Waals surface area (Å²) in [5, 5.41) is 3.48. The van der Waals surface area contributed by atoms with Gasteiger partial charge in [-0.2, -0.15) is 0 Å². The molecule has 5 heteroatoms. The molecule has 1 aromatic heterocycles. The molecule has 0 bridgehead atoms. The van der Waals surface area contributed by atoms with Crippen LogP contribution in [0.5, 0.6) is 0 Å². The summed E-state index contributed by atoms with van der Waals surface area (Å²) >= 11 is 0. The van der Waals surface area contributed by atoms with Crippen molar-refractivity contribution >= 4 is 16.6 Å². The third-order valence-corrected chi connectivity index (χ3v) is 3.80. The van der Waals surface area contributed by atoms with Crippen molar-refractivity contribution in [1.82, 2.24) is 4.98 Å². The Morgan fingerprint density at radius 3 is 2.95 bits per heavy atom. The van der Waals surface area contributed by atoms with E-state index in [1.807, 2.05) is 6.92 Å². The zero-order valence-electron chi connectivity index (χ0n) is 12.2. The minimum Gasteiger partial charge on any atom is -0.384 e. The van der Waals surface area contributed by atoms with Crippen molar-refractivity contribution in [2.24, 2.45) is 0 Å². The maximum atomic E-state index is 14.5. The lowest BCUT2D eigenvalue weighted by Crippen LogP contribution is -2.16. The maximum absolute atomic E-state index is 14.5. The van der Waals surface area contributed by atoms with Crippen LogP contribution in [0, 0.1) is 18.6 Å². The molecule has 1 aromatic carbocycles. The van der Waals surface area contributed by atoms with Crippen LogP contribution < -0.4 is 5.32 Å². The standard InChI is InChI=1S/C16H18F2N2O/c1-3-5-19-15-10-8-21-6-4-12(10)20-16-11(17)7-9(2)14(18)13(15)16/h7H,3-6,8H2,1-2H3,(H,19,20). The minimum absolute atomic E-state index is 0.109. The minimum atomic E-state index is -0.474. The Kier molecular flexibility index (Phi) is 3.76. The normalized spacial score (nSPS) is 14.3. The monoisotopic (exact) mass is 292 g/mol. The summed E-state index contributed by atoms with van der Waals surface area (Å²) in [6.45, 7) is 5.24. The number of nitrogens with one attached hydrogen (secondary N) is 1. The quantitative estimate of drug-likeness (QED) is 0.936. The van der Waals surface area contributed by atoms with Crippen molar-refractivity contribution in [3.63, 3.8) is 0 Å². The van der Waals surface area contributed by atoms with Crippen LogP contribution >= 0.6 is 0 Å². The van der Waals surface area contributed by atoms with Gasteiger partial charge in [-0.25, -0.2) is 13.8 Å². The fraction of sp³-hybridized carbons (Fsp3) is 0.438. The largest absolute Gasteiger partial charge is 0.384 e. The third kappa shape index (κ3) is 2.35. The predicted octanol–water partition coefficient (Wildman–Crippen LogP) is 3.72. The Morgan fingerprint density at radius 2 is 2.19 bits per heavy atom. The Hall–Kier alpha value is -1.75. The van der Waals surface area contributed by atoms with Crippen molar-refractivity contribution in [2.45, 2.75) is 33.3 Å². The third-order valence-electron chi connectivity index (χ3n) is 3.80. The fourth-order valence-electron chi connectivity index (χ4n) is 2.73. The fourth-order valence-corrected chi connectivity index (χ4v) is 2.73. The van der Waals surface area contributed by atoms with E-state index in [9.17, 15) is 8.78 Å². The van der Waals surface area contributed by atoms with Gasteiger partial charge in [0.1, 0.15) is 17.2 Å². The van der Waals surface area contributed by atoms with E-state index < -0.39 is 11.6 Å². The number of ether oxygens (including phenoxy) is 1. The molecule has 0 fully saturated rings. The van der Waals surface area contributed by atoms with Crippen LogP contribution in [0.1, 0.15) is 30.2 Å². The Morgan fingerprint density at radius 1 is 1.38 bits per heavy atom. The highest BCUT2D eigenvalue weighted by Gasteiger charge is 2.23. The van der Waals surface area contributed by atoms with Gasteiger partial charge in [-0.3, -0.25) is 0 Å².